The van der Waals surface area contributed by atoms with Crippen LogP contribution in [0.3, 0.4) is 0 Å². The second-order valence-corrected chi connectivity index (χ2v) is 3.88. The number of alkyl halides is 2. The van der Waals surface area contributed by atoms with Gasteiger partial charge in [0, 0.05) is 5.69 Å². The number of nitrogens with zero attached hydrogens (tertiary/aromatic N) is 1. The van der Waals surface area contributed by atoms with Gasteiger partial charge in [-0.3, -0.25) is 0 Å². The molecule has 0 aliphatic heterocycles. The van der Waals surface area contributed by atoms with E-state index in [0.29, 0.717) is 16.8 Å². The SMILES string of the molecule is Nc1ccc2oc(SCC(F)F)nc2c1. The Morgan fingerprint density at radius 3 is 3.00 bits per heavy atom. The summed E-state index contributed by atoms with van der Waals surface area (Å²) in [6, 6.07) is 4.99. The molecule has 0 radical (unpaired) electrons. The van der Waals surface area contributed by atoms with E-state index in [1.54, 1.807) is 18.2 Å². The Morgan fingerprint density at radius 2 is 2.27 bits per heavy atom. The normalized spacial score (nSPS) is 11.4. The van der Waals surface area contributed by atoms with Crippen molar-refractivity contribution in [3.63, 3.8) is 0 Å². The van der Waals surface area contributed by atoms with Crippen LogP contribution in [0.1, 0.15) is 0 Å². The van der Waals surface area contributed by atoms with E-state index < -0.39 is 6.43 Å². The molecule has 0 saturated carbocycles. The first kappa shape index (κ1) is 10.2. The lowest BCUT2D eigenvalue weighted by Gasteiger charge is -1.92. The van der Waals surface area contributed by atoms with E-state index in [-0.39, 0.29) is 11.0 Å². The minimum atomic E-state index is -2.37. The van der Waals surface area contributed by atoms with E-state index in [4.69, 9.17) is 10.2 Å². The monoisotopic (exact) mass is 230 g/mol. The average Bonchev–Trinajstić information content (AvgIpc) is 2.56. The minimum Gasteiger partial charge on any atom is -0.431 e. The molecular weight excluding hydrogens is 222 g/mol. The molecule has 3 nitrogen and oxygen atoms in total. The van der Waals surface area contributed by atoms with Crippen molar-refractivity contribution in [2.24, 2.45) is 0 Å². The van der Waals surface area contributed by atoms with Gasteiger partial charge in [0.15, 0.2) is 5.58 Å². The molecule has 0 amide bonds. The predicted octanol–water partition coefficient (Wildman–Crippen LogP) is 2.77. The summed E-state index contributed by atoms with van der Waals surface area (Å²) < 4.78 is 29.1. The fraction of sp³-hybridized carbons (Fsp3) is 0.222. The van der Waals surface area contributed by atoms with Crippen molar-refractivity contribution in [1.29, 1.82) is 0 Å². The van der Waals surface area contributed by atoms with Gasteiger partial charge >= 0.3 is 0 Å². The molecule has 1 heterocycles. The van der Waals surface area contributed by atoms with Crippen LogP contribution in [0.25, 0.3) is 11.1 Å². The van der Waals surface area contributed by atoms with E-state index >= 15 is 0 Å². The molecule has 6 heteroatoms. The third kappa shape index (κ3) is 2.38. The van der Waals surface area contributed by atoms with Gasteiger partial charge in [-0.15, -0.1) is 0 Å². The maximum atomic E-state index is 11.9. The fourth-order valence-electron chi connectivity index (χ4n) is 1.12. The summed E-state index contributed by atoms with van der Waals surface area (Å²) in [4.78, 5) is 4.03. The first-order valence-electron chi connectivity index (χ1n) is 4.22. The maximum Gasteiger partial charge on any atom is 0.256 e. The number of oxazole rings is 1. The Morgan fingerprint density at radius 1 is 1.47 bits per heavy atom. The number of aromatic nitrogens is 1. The van der Waals surface area contributed by atoms with Crippen molar-refractivity contribution in [2.45, 2.75) is 11.6 Å². The van der Waals surface area contributed by atoms with Gasteiger partial charge in [0.1, 0.15) is 5.52 Å². The summed E-state index contributed by atoms with van der Waals surface area (Å²) in [7, 11) is 0. The zero-order chi connectivity index (χ0) is 10.8. The van der Waals surface area contributed by atoms with Crippen LogP contribution >= 0.6 is 11.8 Å². The summed E-state index contributed by atoms with van der Waals surface area (Å²) in [6.45, 7) is 0. The lowest BCUT2D eigenvalue weighted by atomic mass is 10.3. The van der Waals surface area contributed by atoms with Crippen molar-refractivity contribution in [2.75, 3.05) is 11.5 Å². The molecular formula is C9H8F2N2OS. The highest BCUT2D eigenvalue weighted by Crippen LogP contribution is 2.25. The summed E-state index contributed by atoms with van der Waals surface area (Å²) in [5, 5.41) is 0.246. The van der Waals surface area contributed by atoms with Crippen molar-refractivity contribution in [3.05, 3.63) is 18.2 Å². The van der Waals surface area contributed by atoms with Crippen LogP contribution in [-0.4, -0.2) is 17.2 Å². The lowest BCUT2D eigenvalue weighted by Crippen LogP contribution is -1.92. The number of hydrogen-bond donors (Lipinski definition) is 1. The second kappa shape index (κ2) is 4.06. The van der Waals surface area contributed by atoms with Gasteiger partial charge in [0.05, 0.1) is 5.75 Å². The summed E-state index contributed by atoms with van der Waals surface area (Å²) in [5.41, 5.74) is 7.26. The van der Waals surface area contributed by atoms with Crippen LogP contribution in [0.4, 0.5) is 14.5 Å². The average molecular weight is 230 g/mol. The van der Waals surface area contributed by atoms with Gasteiger partial charge in [-0.1, -0.05) is 11.8 Å². The first-order chi connectivity index (χ1) is 7.15. The first-order valence-corrected chi connectivity index (χ1v) is 5.21. The molecule has 2 aromatic rings. The molecule has 0 atom stereocenters. The van der Waals surface area contributed by atoms with E-state index in [0.717, 1.165) is 11.8 Å². The van der Waals surface area contributed by atoms with Crippen LogP contribution < -0.4 is 5.73 Å². The third-order valence-electron chi connectivity index (χ3n) is 1.72. The number of nitrogens with two attached hydrogens (primary N) is 1. The second-order valence-electron chi connectivity index (χ2n) is 2.91. The summed E-state index contributed by atoms with van der Waals surface area (Å²) >= 11 is 0.892. The van der Waals surface area contributed by atoms with Gasteiger partial charge in [-0.05, 0) is 18.2 Å². The quantitative estimate of drug-likeness (QED) is 0.650. The van der Waals surface area contributed by atoms with Crippen molar-refractivity contribution in [1.82, 2.24) is 4.98 Å². The standard InChI is InChI=1S/C9H8F2N2OS/c10-8(11)4-15-9-13-6-3-5(12)1-2-7(6)14-9/h1-3,8H,4,12H2. The largest absolute Gasteiger partial charge is 0.431 e. The molecule has 1 aromatic heterocycles. The van der Waals surface area contributed by atoms with Crippen LogP contribution in [0.5, 0.6) is 0 Å². The number of hydrogen-bond acceptors (Lipinski definition) is 4. The van der Waals surface area contributed by atoms with Gasteiger partial charge in [-0.2, -0.15) is 0 Å². The molecule has 0 unspecified atom stereocenters. The highest BCUT2D eigenvalue weighted by atomic mass is 32.2. The fourth-order valence-corrected chi connectivity index (χ4v) is 1.70. The minimum absolute atomic E-state index is 0.246. The summed E-state index contributed by atoms with van der Waals surface area (Å²) in [5.74, 6) is -0.317. The van der Waals surface area contributed by atoms with Gasteiger partial charge in [0.2, 0.25) is 6.43 Å². The number of anilines is 1. The Kier molecular flexibility index (Phi) is 2.77. The number of halogens is 2. The number of thioether (sulfide) groups is 1. The predicted molar refractivity (Wildman–Crippen MR) is 55.1 cm³/mol. The Balaban J connectivity index is 2.23. The number of rotatable bonds is 3. The van der Waals surface area contributed by atoms with Crippen molar-refractivity contribution in [3.8, 4) is 0 Å². The Labute approximate surface area is 88.7 Å². The smallest absolute Gasteiger partial charge is 0.256 e. The van der Waals surface area contributed by atoms with Crippen LogP contribution in [0.2, 0.25) is 0 Å². The number of fused-ring (bicyclic) bond motifs is 1. The Bertz CT molecular complexity index is 472. The maximum absolute atomic E-state index is 11.9. The molecule has 0 spiro atoms. The van der Waals surface area contributed by atoms with Crippen molar-refractivity contribution >= 4 is 28.5 Å². The third-order valence-corrected chi connectivity index (χ3v) is 2.57. The van der Waals surface area contributed by atoms with E-state index in [2.05, 4.69) is 4.98 Å². The lowest BCUT2D eigenvalue weighted by molar-refractivity contribution is 0.176. The Hall–Kier alpha value is -1.30. The molecule has 0 fully saturated rings. The molecule has 0 aliphatic carbocycles. The highest BCUT2D eigenvalue weighted by molar-refractivity contribution is 7.99. The van der Waals surface area contributed by atoms with Crippen LogP contribution in [0, 0.1) is 0 Å². The van der Waals surface area contributed by atoms with E-state index in [9.17, 15) is 8.78 Å². The molecule has 2 rings (SSSR count). The van der Waals surface area contributed by atoms with Gasteiger partial charge in [-0.25, -0.2) is 13.8 Å². The number of benzene rings is 1. The zero-order valence-electron chi connectivity index (χ0n) is 7.61. The molecule has 1 aromatic carbocycles. The van der Waals surface area contributed by atoms with E-state index in [1.807, 2.05) is 0 Å². The highest BCUT2D eigenvalue weighted by Gasteiger charge is 2.09. The van der Waals surface area contributed by atoms with E-state index in [1.165, 1.54) is 0 Å². The summed E-state index contributed by atoms with van der Waals surface area (Å²) in [6.07, 6.45) is -2.37. The van der Waals surface area contributed by atoms with Crippen molar-refractivity contribution < 1.29 is 13.2 Å². The molecule has 80 valence electrons. The molecule has 0 bridgehead atoms. The number of nitrogen functional groups attached to an aromatic ring is 1. The van der Waals surface area contributed by atoms with Gasteiger partial charge in [0.25, 0.3) is 5.22 Å². The molecule has 0 saturated heterocycles. The zero-order valence-corrected chi connectivity index (χ0v) is 8.43. The van der Waals surface area contributed by atoms with Crippen LogP contribution in [-0.2, 0) is 0 Å². The van der Waals surface area contributed by atoms with Crippen LogP contribution in [0.15, 0.2) is 27.8 Å². The molecule has 15 heavy (non-hydrogen) atoms. The topological polar surface area (TPSA) is 52.0 Å². The molecule has 2 N–H and O–H groups in total. The molecule has 0 aliphatic rings. The van der Waals surface area contributed by atoms with Gasteiger partial charge < -0.3 is 10.2 Å².